The molecule has 0 bridgehead atoms. The Morgan fingerprint density at radius 2 is 1.70 bits per heavy atom. The minimum absolute atomic E-state index is 0.00964. The van der Waals surface area contributed by atoms with Crippen molar-refractivity contribution in [2.45, 2.75) is 20.4 Å². The fourth-order valence-corrected chi connectivity index (χ4v) is 2.31. The number of rotatable bonds is 7. The van der Waals surface area contributed by atoms with Gasteiger partial charge < -0.3 is 5.32 Å². The van der Waals surface area contributed by atoms with Crippen molar-refractivity contribution in [2.24, 2.45) is 5.92 Å². The maximum absolute atomic E-state index is 12.3. The zero-order valence-electron chi connectivity index (χ0n) is 14.2. The van der Waals surface area contributed by atoms with Crippen molar-refractivity contribution in [1.29, 1.82) is 0 Å². The molecule has 1 unspecified atom stereocenters. The van der Waals surface area contributed by atoms with Gasteiger partial charge in [0.25, 0.3) is 11.4 Å². The van der Waals surface area contributed by atoms with Crippen molar-refractivity contribution in [3.8, 4) is 0 Å². The molecule has 13 heteroatoms. The number of amides is 1. The minimum Gasteiger partial charge on any atom is -0.325 e. The zero-order valence-corrected chi connectivity index (χ0v) is 14.2. The third-order valence-electron chi connectivity index (χ3n) is 3.75. The average Bonchev–Trinajstić information content (AvgIpc) is 3.04. The number of benzene rings is 1. The smallest absolute Gasteiger partial charge is 0.306 e. The summed E-state index contributed by atoms with van der Waals surface area (Å²) in [7, 11) is 0. The molecule has 1 N–H and O–H groups in total. The van der Waals surface area contributed by atoms with Crippen LogP contribution in [0.4, 0.5) is 22.7 Å². The fourth-order valence-electron chi connectivity index (χ4n) is 2.31. The predicted octanol–water partition coefficient (Wildman–Crippen LogP) is 2.19. The Morgan fingerprint density at radius 3 is 2.15 bits per heavy atom. The Bertz CT molecular complexity index is 903. The van der Waals surface area contributed by atoms with Crippen LogP contribution in [-0.2, 0) is 11.3 Å². The Balaban J connectivity index is 2.19. The van der Waals surface area contributed by atoms with Crippen LogP contribution in [0, 0.1) is 43.2 Å². The lowest BCUT2D eigenvalue weighted by atomic mass is 10.1. The van der Waals surface area contributed by atoms with Crippen molar-refractivity contribution in [2.75, 3.05) is 5.32 Å². The van der Waals surface area contributed by atoms with E-state index in [1.165, 1.54) is 18.5 Å². The van der Waals surface area contributed by atoms with E-state index in [2.05, 4.69) is 10.4 Å². The number of nitro benzene ring substituents is 2. The summed E-state index contributed by atoms with van der Waals surface area (Å²) >= 11 is 0. The molecule has 1 atom stereocenters. The molecule has 0 saturated heterocycles. The second-order valence-electron chi connectivity index (χ2n) is 5.72. The molecule has 0 radical (unpaired) electrons. The number of nitrogens with one attached hydrogen (secondary N) is 1. The standard InChI is InChI=1S/C14H14N6O7/c1-8(6-17-7-11(5-15-17)18(22)23)14(21)16-10-3-12(19(24)25)9(2)13(4-10)20(26)27/h3-5,7-8H,6H2,1-2H3,(H,16,21). The van der Waals surface area contributed by atoms with Crippen molar-refractivity contribution in [3.05, 3.63) is 60.4 Å². The Kier molecular flexibility index (Phi) is 5.43. The predicted molar refractivity (Wildman–Crippen MR) is 91.2 cm³/mol. The monoisotopic (exact) mass is 378 g/mol. The molecule has 2 aromatic rings. The van der Waals surface area contributed by atoms with Crippen molar-refractivity contribution in [1.82, 2.24) is 9.78 Å². The van der Waals surface area contributed by atoms with Gasteiger partial charge in [0.2, 0.25) is 5.91 Å². The zero-order chi connectivity index (χ0) is 20.3. The average molecular weight is 378 g/mol. The molecule has 13 nitrogen and oxygen atoms in total. The first kappa shape index (κ1) is 19.4. The summed E-state index contributed by atoms with van der Waals surface area (Å²) in [6.07, 6.45) is 2.20. The normalized spacial score (nSPS) is 11.6. The van der Waals surface area contributed by atoms with Crippen molar-refractivity contribution < 1.29 is 19.6 Å². The van der Waals surface area contributed by atoms with Crippen LogP contribution >= 0.6 is 0 Å². The van der Waals surface area contributed by atoms with Crippen LogP contribution in [0.2, 0.25) is 0 Å². The van der Waals surface area contributed by atoms with Gasteiger partial charge in [0.1, 0.15) is 18.0 Å². The molecular formula is C14H14N6O7. The Morgan fingerprint density at radius 1 is 1.15 bits per heavy atom. The quantitative estimate of drug-likeness (QED) is 0.562. The van der Waals surface area contributed by atoms with Gasteiger partial charge in [-0.3, -0.25) is 39.8 Å². The topological polar surface area (TPSA) is 176 Å². The lowest BCUT2D eigenvalue weighted by Crippen LogP contribution is -2.24. The summed E-state index contributed by atoms with van der Waals surface area (Å²) < 4.78 is 1.21. The fraction of sp³-hybridized carbons (Fsp3) is 0.286. The highest BCUT2D eigenvalue weighted by atomic mass is 16.6. The molecule has 0 aliphatic heterocycles. The first-order valence-electron chi connectivity index (χ1n) is 7.51. The summed E-state index contributed by atoms with van der Waals surface area (Å²) in [6, 6.07) is 2.07. The van der Waals surface area contributed by atoms with Gasteiger partial charge >= 0.3 is 5.69 Å². The van der Waals surface area contributed by atoms with Gasteiger partial charge in [-0.1, -0.05) is 6.92 Å². The molecule has 1 aromatic carbocycles. The van der Waals surface area contributed by atoms with Gasteiger partial charge in [0, 0.05) is 12.1 Å². The van der Waals surface area contributed by atoms with Crippen LogP contribution in [-0.4, -0.2) is 30.5 Å². The highest BCUT2D eigenvalue weighted by Gasteiger charge is 2.25. The molecule has 27 heavy (non-hydrogen) atoms. The van der Waals surface area contributed by atoms with Crippen LogP contribution < -0.4 is 5.32 Å². The molecule has 0 saturated carbocycles. The van der Waals surface area contributed by atoms with Crippen molar-refractivity contribution in [3.63, 3.8) is 0 Å². The van der Waals surface area contributed by atoms with Gasteiger partial charge in [-0.15, -0.1) is 0 Å². The summed E-state index contributed by atoms with van der Waals surface area (Å²) in [5.41, 5.74) is -1.43. The van der Waals surface area contributed by atoms with E-state index < -0.39 is 38.0 Å². The largest absolute Gasteiger partial charge is 0.325 e. The van der Waals surface area contributed by atoms with E-state index in [-0.39, 0.29) is 23.5 Å². The summed E-state index contributed by atoms with van der Waals surface area (Å²) in [4.78, 5) is 42.9. The highest BCUT2D eigenvalue weighted by Crippen LogP contribution is 2.31. The number of hydrogen-bond donors (Lipinski definition) is 1. The molecule has 1 heterocycles. The summed E-state index contributed by atoms with van der Waals surface area (Å²) in [5.74, 6) is -1.30. The second-order valence-corrected chi connectivity index (χ2v) is 5.72. The van der Waals surface area contributed by atoms with E-state index in [1.54, 1.807) is 0 Å². The molecular weight excluding hydrogens is 364 g/mol. The van der Waals surface area contributed by atoms with E-state index in [0.717, 1.165) is 24.5 Å². The Hall–Kier alpha value is -3.90. The lowest BCUT2D eigenvalue weighted by Gasteiger charge is -2.12. The van der Waals surface area contributed by atoms with Gasteiger partial charge in [0.05, 0.1) is 32.9 Å². The molecule has 0 spiro atoms. The maximum Gasteiger partial charge on any atom is 0.306 e. The molecule has 2 rings (SSSR count). The number of carbonyl (C=O) groups is 1. The maximum atomic E-state index is 12.3. The Labute approximate surface area is 151 Å². The molecule has 0 fully saturated rings. The minimum atomic E-state index is -0.774. The first-order chi connectivity index (χ1) is 12.6. The van der Waals surface area contributed by atoms with Crippen LogP contribution in [0.5, 0.6) is 0 Å². The number of nitrogens with zero attached hydrogens (tertiary/aromatic N) is 5. The van der Waals surface area contributed by atoms with Gasteiger partial charge in [0.15, 0.2) is 0 Å². The summed E-state index contributed by atoms with van der Waals surface area (Å²) in [6.45, 7) is 2.77. The molecule has 142 valence electrons. The van der Waals surface area contributed by atoms with E-state index >= 15 is 0 Å². The molecule has 1 amide bonds. The van der Waals surface area contributed by atoms with Gasteiger partial charge in [-0.05, 0) is 6.92 Å². The number of anilines is 1. The van der Waals surface area contributed by atoms with E-state index in [0.29, 0.717) is 0 Å². The lowest BCUT2D eigenvalue weighted by molar-refractivity contribution is -0.395. The molecule has 0 aliphatic carbocycles. The summed E-state index contributed by atoms with van der Waals surface area (Å²) in [5, 5.41) is 38.9. The second kappa shape index (κ2) is 7.55. The van der Waals surface area contributed by atoms with Crippen molar-refractivity contribution >= 4 is 28.7 Å². The van der Waals surface area contributed by atoms with E-state index in [9.17, 15) is 35.1 Å². The van der Waals surface area contributed by atoms with Gasteiger partial charge in [-0.25, -0.2) is 0 Å². The first-order valence-corrected chi connectivity index (χ1v) is 7.51. The SMILES string of the molecule is Cc1c([N+](=O)[O-])cc(NC(=O)C(C)Cn2cc([N+](=O)[O-])cn2)cc1[N+](=O)[O-]. The number of aromatic nitrogens is 2. The van der Waals surface area contributed by atoms with Crippen LogP contribution in [0.25, 0.3) is 0 Å². The molecule has 0 aliphatic rings. The number of carbonyl (C=O) groups excluding carboxylic acids is 1. The molecule has 1 aromatic heterocycles. The van der Waals surface area contributed by atoms with Gasteiger partial charge in [-0.2, -0.15) is 5.10 Å². The number of nitro groups is 3. The third-order valence-corrected chi connectivity index (χ3v) is 3.75. The van der Waals surface area contributed by atoms with Crippen LogP contribution in [0.15, 0.2) is 24.5 Å². The third kappa shape index (κ3) is 4.39. The number of hydrogen-bond acceptors (Lipinski definition) is 8. The van der Waals surface area contributed by atoms with E-state index in [1.807, 2.05) is 0 Å². The van der Waals surface area contributed by atoms with Crippen LogP contribution in [0.1, 0.15) is 12.5 Å². The highest BCUT2D eigenvalue weighted by molar-refractivity contribution is 5.93. The van der Waals surface area contributed by atoms with Crippen LogP contribution in [0.3, 0.4) is 0 Å². The van der Waals surface area contributed by atoms with E-state index in [4.69, 9.17) is 0 Å².